The molecule has 4 aromatic carbocycles. The summed E-state index contributed by atoms with van der Waals surface area (Å²) < 4.78 is 11.1. The van der Waals surface area contributed by atoms with E-state index in [0.29, 0.717) is 39.8 Å². The third-order valence-electron chi connectivity index (χ3n) is 5.57. The summed E-state index contributed by atoms with van der Waals surface area (Å²) >= 11 is 6.09. The van der Waals surface area contributed by atoms with E-state index in [1.54, 1.807) is 66.7 Å². The molecule has 9 heteroatoms. The van der Waals surface area contributed by atoms with Gasteiger partial charge >= 0.3 is 5.97 Å². The summed E-state index contributed by atoms with van der Waals surface area (Å²) in [6.45, 7) is 2.16. The van der Waals surface area contributed by atoms with Crippen LogP contribution < -0.4 is 20.2 Å². The van der Waals surface area contributed by atoms with Crippen LogP contribution in [0.5, 0.6) is 11.5 Å². The van der Waals surface area contributed by atoms with Gasteiger partial charge < -0.3 is 14.8 Å². The number of nitrogens with zero attached hydrogens (tertiary/aromatic N) is 1. The highest BCUT2D eigenvalue weighted by atomic mass is 35.5. The van der Waals surface area contributed by atoms with Crippen LogP contribution in [0.3, 0.4) is 0 Å². The Hall–Kier alpha value is -5.21. The fourth-order valence-electron chi connectivity index (χ4n) is 3.64. The van der Waals surface area contributed by atoms with Gasteiger partial charge in [0, 0.05) is 17.3 Å². The number of rotatable bonds is 10. The monoisotopic (exact) mass is 567 g/mol. The lowest BCUT2D eigenvalue weighted by Gasteiger charge is -2.10. The number of amides is 2. The van der Waals surface area contributed by atoms with Gasteiger partial charge in [-0.3, -0.25) is 9.59 Å². The number of nitrogens with one attached hydrogen (secondary N) is 2. The number of carbonyl (C=O) groups is 3. The average Bonchev–Trinajstić information content (AvgIpc) is 2.98. The first-order valence-electron chi connectivity index (χ1n) is 12.6. The smallest absolute Gasteiger partial charge is 0.336 e. The summed E-state index contributed by atoms with van der Waals surface area (Å²) in [5.41, 5.74) is 4.98. The maximum absolute atomic E-state index is 12.7. The van der Waals surface area contributed by atoms with Gasteiger partial charge in [-0.2, -0.15) is 5.10 Å². The largest absolute Gasteiger partial charge is 0.490 e. The highest BCUT2D eigenvalue weighted by Crippen LogP contribution is 2.28. The van der Waals surface area contributed by atoms with Crippen LogP contribution in [0.25, 0.3) is 6.08 Å². The minimum Gasteiger partial charge on any atom is -0.490 e. The van der Waals surface area contributed by atoms with Crippen LogP contribution in [0, 0.1) is 0 Å². The number of benzene rings is 4. The number of hydrogen-bond acceptors (Lipinski definition) is 6. The summed E-state index contributed by atoms with van der Waals surface area (Å²) in [7, 11) is 0. The molecule has 206 valence electrons. The third-order valence-corrected chi connectivity index (χ3v) is 5.90. The Morgan fingerprint density at radius 1 is 0.829 bits per heavy atom. The van der Waals surface area contributed by atoms with Crippen molar-refractivity contribution in [2.75, 3.05) is 11.9 Å². The first-order chi connectivity index (χ1) is 19.9. The molecule has 0 saturated heterocycles. The zero-order valence-corrected chi connectivity index (χ0v) is 22.8. The summed E-state index contributed by atoms with van der Waals surface area (Å²) in [5.74, 6) is -0.806. The zero-order chi connectivity index (χ0) is 29.0. The van der Waals surface area contributed by atoms with E-state index in [9.17, 15) is 14.4 Å². The summed E-state index contributed by atoms with van der Waals surface area (Å²) in [6.07, 6.45) is 4.44. The van der Waals surface area contributed by atoms with Gasteiger partial charge in [0.05, 0.1) is 23.4 Å². The molecule has 2 N–H and O–H groups in total. The van der Waals surface area contributed by atoms with Crippen LogP contribution in [0.1, 0.15) is 38.8 Å². The second-order valence-electron chi connectivity index (χ2n) is 8.52. The second kappa shape index (κ2) is 14.3. The molecule has 8 nitrogen and oxygen atoms in total. The van der Waals surface area contributed by atoms with Crippen molar-refractivity contribution in [3.8, 4) is 11.5 Å². The molecule has 0 aromatic heterocycles. The van der Waals surface area contributed by atoms with Gasteiger partial charge in [0.2, 0.25) is 0 Å². The van der Waals surface area contributed by atoms with Crippen molar-refractivity contribution in [3.63, 3.8) is 0 Å². The van der Waals surface area contributed by atoms with Crippen molar-refractivity contribution in [3.05, 3.63) is 130 Å². The molecule has 0 atom stereocenters. The van der Waals surface area contributed by atoms with E-state index in [1.165, 1.54) is 18.4 Å². The molecule has 2 amide bonds. The summed E-state index contributed by atoms with van der Waals surface area (Å²) in [5, 5.41) is 7.08. The minimum atomic E-state index is -0.547. The molecule has 0 aliphatic rings. The van der Waals surface area contributed by atoms with E-state index < -0.39 is 17.8 Å². The fourth-order valence-corrected chi connectivity index (χ4v) is 3.86. The summed E-state index contributed by atoms with van der Waals surface area (Å²) in [4.78, 5) is 37.5. The number of hydrazone groups is 1. The van der Waals surface area contributed by atoms with Gasteiger partial charge in [-0.25, -0.2) is 10.2 Å². The molecule has 0 unspecified atom stereocenters. The Morgan fingerprint density at radius 3 is 2.39 bits per heavy atom. The number of halogens is 1. The van der Waals surface area contributed by atoms with Crippen molar-refractivity contribution in [1.29, 1.82) is 0 Å². The molecule has 41 heavy (non-hydrogen) atoms. The van der Waals surface area contributed by atoms with E-state index in [-0.39, 0.29) is 5.75 Å². The van der Waals surface area contributed by atoms with Crippen LogP contribution in [0.4, 0.5) is 5.69 Å². The Bertz CT molecular complexity index is 1600. The van der Waals surface area contributed by atoms with Crippen molar-refractivity contribution >= 4 is 47.4 Å². The van der Waals surface area contributed by atoms with E-state index in [1.807, 2.05) is 37.3 Å². The topological polar surface area (TPSA) is 106 Å². The predicted octanol–water partition coefficient (Wildman–Crippen LogP) is 6.37. The Labute approximate surface area is 242 Å². The van der Waals surface area contributed by atoms with Crippen LogP contribution in [-0.2, 0) is 4.79 Å². The SMILES string of the molecule is CCOc1cc(C=NNC(=O)c2cccc(NC(=O)c3ccccc3Cl)c2)ccc1OC(=O)/C=C/c1ccccc1. The fraction of sp³-hybridized carbons (Fsp3) is 0.0625. The van der Waals surface area contributed by atoms with E-state index >= 15 is 0 Å². The van der Waals surface area contributed by atoms with Gasteiger partial charge in [-0.15, -0.1) is 0 Å². The lowest BCUT2D eigenvalue weighted by atomic mass is 10.1. The average molecular weight is 568 g/mol. The van der Waals surface area contributed by atoms with Crippen molar-refractivity contribution in [2.24, 2.45) is 5.10 Å². The number of carbonyl (C=O) groups excluding carboxylic acids is 3. The molecular weight excluding hydrogens is 542 g/mol. The normalized spacial score (nSPS) is 10.9. The van der Waals surface area contributed by atoms with E-state index in [2.05, 4.69) is 15.8 Å². The van der Waals surface area contributed by atoms with Gasteiger partial charge in [0.1, 0.15) is 0 Å². The minimum absolute atomic E-state index is 0.256. The quantitative estimate of drug-likeness (QED) is 0.0761. The highest BCUT2D eigenvalue weighted by Gasteiger charge is 2.12. The van der Waals surface area contributed by atoms with Gasteiger partial charge in [-0.1, -0.05) is 60.1 Å². The van der Waals surface area contributed by atoms with Crippen molar-refractivity contribution < 1.29 is 23.9 Å². The third kappa shape index (κ3) is 8.39. The maximum Gasteiger partial charge on any atom is 0.336 e. The number of ether oxygens (including phenoxy) is 2. The standard InChI is InChI=1S/C32H26ClN3O5/c1-2-40-29-19-23(15-17-28(29)41-30(37)18-16-22-9-4-3-5-10-22)21-34-36-31(38)24-11-8-12-25(20-24)35-32(39)26-13-6-7-14-27(26)33/h3-21H,2H2,1H3,(H,35,39)(H,36,38)/b18-16+,34-21?. The molecule has 4 aromatic rings. The molecular formula is C32H26ClN3O5. The van der Waals surface area contributed by atoms with Gasteiger partial charge in [0.25, 0.3) is 11.8 Å². The van der Waals surface area contributed by atoms with Crippen LogP contribution in [0.2, 0.25) is 5.02 Å². The number of anilines is 1. The molecule has 0 bridgehead atoms. The molecule has 0 spiro atoms. The zero-order valence-electron chi connectivity index (χ0n) is 22.0. The Kier molecular flexibility index (Phi) is 10.0. The number of hydrogen-bond donors (Lipinski definition) is 2. The first kappa shape index (κ1) is 28.8. The van der Waals surface area contributed by atoms with Crippen LogP contribution in [0.15, 0.2) is 108 Å². The maximum atomic E-state index is 12.7. The lowest BCUT2D eigenvalue weighted by molar-refractivity contribution is -0.129. The lowest BCUT2D eigenvalue weighted by Crippen LogP contribution is -2.18. The molecule has 4 rings (SSSR count). The van der Waals surface area contributed by atoms with Crippen molar-refractivity contribution in [1.82, 2.24) is 5.43 Å². The second-order valence-corrected chi connectivity index (χ2v) is 8.93. The van der Waals surface area contributed by atoms with Crippen LogP contribution in [-0.4, -0.2) is 30.6 Å². The summed E-state index contributed by atoms with van der Waals surface area (Å²) in [6, 6.07) is 27.4. The Morgan fingerprint density at radius 2 is 1.61 bits per heavy atom. The molecule has 0 aliphatic heterocycles. The van der Waals surface area contributed by atoms with Crippen molar-refractivity contribution in [2.45, 2.75) is 6.92 Å². The van der Waals surface area contributed by atoms with E-state index in [0.717, 1.165) is 5.56 Å². The van der Waals surface area contributed by atoms with E-state index in [4.69, 9.17) is 21.1 Å². The number of esters is 1. The molecule has 0 heterocycles. The van der Waals surface area contributed by atoms with Gasteiger partial charge in [0.15, 0.2) is 11.5 Å². The molecule has 0 fully saturated rings. The predicted molar refractivity (Wildman–Crippen MR) is 160 cm³/mol. The first-order valence-corrected chi connectivity index (χ1v) is 13.0. The Balaban J connectivity index is 1.37. The molecule has 0 aliphatic carbocycles. The molecule has 0 radical (unpaired) electrons. The van der Waals surface area contributed by atoms with Gasteiger partial charge in [-0.05, 0) is 72.7 Å². The molecule has 0 saturated carbocycles. The highest BCUT2D eigenvalue weighted by molar-refractivity contribution is 6.34. The van der Waals surface area contributed by atoms with Crippen LogP contribution >= 0.6 is 11.6 Å².